The highest BCUT2D eigenvalue weighted by molar-refractivity contribution is 9.11. The van der Waals surface area contributed by atoms with Gasteiger partial charge in [-0.25, -0.2) is 0 Å². The summed E-state index contributed by atoms with van der Waals surface area (Å²) in [6, 6.07) is 170. The molecular formula is C121H86Br3N5. The molecule has 21 rings (SSSR count). The summed E-state index contributed by atoms with van der Waals surface area (Å²) in [6.07, 6.45) is 3.68. The van der Waals surface area contributed by atoms with Gasteiger partial charge < -0.3 is 14.7 Å². The van der Waals surface area contributed by atoms with Gasteiger partial charge in [-0.05, 0) is 292 Å². The summed E-state index contributed by atoms with van der Waals surface area (Å²) in [5.41, 5.74) is 37.3. The Morgan fingerprint density at radius 3 is 0.860 bits per heavy atom. The number of hydrogen-bond donors (Lipinski definition) is 0. The normalized spacial score (nSPS) is 11.5. The first kappa shape index (κ1) is 83.5. The van der Waals surface area contributed by atoms with Crippen LogP contribution < -0.4 is 14.7 Å². The topological polar surface area (TPSA) is 46.4 Å². The molecule has 1 aliphatic rings. The zero-order valence-electron chi connectivity index (χ0n) is 71.1. The maximum absolute atomic E-state index is 9.13. The van der Waals surface area contributed by atoms with Crippen molar-refractivity contribution < 1.29 is 0 Å². The van der Waals surface area contributed by atoms with Crippen LogP contribution in [0.4, 0.5) is 51.2 Å². The van der Waals surface area contributed by atoms with Crippen molar-refractivity contribution in [2.75, 3.05) is 14.7 Å². The Balaban J connectivity index is 0.000000126. The van der Waals surface area contributed by atoms with E-state index >= 15 is 0 Å². The average Bonchev–Trinajstić information content (AvgIpc) is 1.64. The highest BCUT2D eigenvalue weighted by Crippen LogP contribution is 2.51. The molecule has 0 unspecified atom stereocenters. The van der Waals surface area contributed by atoms with Crippen molar-refractivity contribution in [1.82, 2.24) is 4.98 Å². The lowest BCUT2D eigenvalue weighted by Gasteiger charge is -2.28. The zero-order valence-corrected chi connectivity index (χ0v) is 75.8. The number of fused-ring (bicyclic) bond motifs is 4. The minimum Gasteiger partial charge on any atom is -0.311 e. The van der Waals surface area contributed by atoms with Crippen LogP contribution in [0.2, 0.25) is 0 Å². The molecule has 0 radical (unpaired) electrons. The van der Waals surface area contributed by atoms with E-state index in [4.69, 9.17) is 5.26 Å². The van der Waals surface area contributed by atoms with Crippen LogP contribution in [0.1, 0.15) is 30.5 Å². The first-order valence-corrected chi connectivity index (χ1v) is 45.6. The number of benzene rings is 19. The number of anilines is 9. The molecule has 0 fully saturated rings. The van der Waals surface area contributed by atoms with Crippen molar-refractivity contribution in [2.24, 2.45) is 0 Å². The SMILES string of the molecule is Brc1ccc(-c2ccc(N(c3ccc(-c4ccccc4)cc3)c3ccc(-c4ccccc4)cc3)c3ccccc23)cc1.CC1(C)c2ccccc2-c2ccc(-c3ccc(N(c4ccc(-c5ccccc5)cc4)c4ccc(-c5ccc(Br)cc5)cc4)cc3)cc21.N#Cc1ccc(-c2ccc(N(c3ccc(-c4ccc(Br)cc4)cc3)c3ccc(-c4cccnc4)cc3)cc2)cc1. The van der Waals surface area contributed by atoms with Crippen molar-refractivity contribution in [2.45, 2.75) is 19.3 Å². The van der Waals surface area contributed by atoms with Gasteiger partial charge in [0.15, 0.2) is 0 Å². The smallest absolute Gasteiger partial charge is 0.0991 e. The Morgan fingerprint density at radius 2 is 0.496 bits per heavy atom. The summed E-state index contributed by atoms with van der Waals surface area (Å²) in [5, 5.41) is 11.6. The summed E-state index contributed by atoms with van der Waals surface area (Å²) >= 11 is 10.7. The molecule has 0 N–H and O–H groups in total. The molecule has 1 aromatic heterocycles. The predicted octanol–water partition coefficient (Wildman–Crippen LogP) is 35.5. The molecule has 129 heavy (non-hydrogen) atoms. The van der Waals surface area contributed by atoms with E-state index in [0.29, 0.717) is 5.56 Å². The molecule has 1 aliphatic carbocycles. The first-order chi connectivity index (χ1) is 63.4. The number of aromatic nitrogens is 1. The second kappa shape index (κ2) is 38.0. The van der Waals surface area contributed by atoms with Gasteiger partial charge in [0.25, 0.3) is 0 Å². The van der Waals surface area contributed by atoms with Gasteiger partial charge in [0.2, 0.25) is 0 Å². The minimum absolute atomic E-state index is 0.0208. The standard InChI is InChI=1S/C45H34BrN.C40H28BrN.C36H24BrN3/c1-45(2)43-11-7-6-10-41(43)42-29-20-36(30-44(42)45)35-18-27-40(28-19-35)47(38-23-14-33(15-24-38)31-8-4-3-5-9-31)39-25-16-34(17-26-39)32-12-21-37(46)22-13-32;41-34-21-15-33(16-22-34)37-27-28-40(39-14-8-7-13-38(37)39)42(35-23-17-31(18-24-35)29-9-3-1-4-10-29)36-25-19-32(20-26-36)30-11-5-2-6-12-30;37-33-15-7-28(8-16-33)30-11-19-35(20-12-30)40(36-21-13-31(14-22-36)32-2-1-23-39-25-32)34-17-9-29(10-18-34)27-5-3-26(24-38)4-6-27/h3-30H,1-2H3;1-28H;1-23,25H. The Kier molecular flexibility index (Phi) is 24.6. The number of nitrogens with zero attached hydrogens (tertiary/aromatic N) is 5. The van der Waals surface area contributed by atoms with Crippen LogP contribution in [0.5, 0.6) is 0 Å². The van der Waals surface area contributed by atoms with Gasteiger partial charge >= 0.3 is 0 Å². The molecule has 616 valence electrons. The lowest BCUT2D eigenvalue weighted by Crippen LogP contribution is -2.14. The van der Waals surface area contributed by atoms with Gasteiger partial charge in [0, 0.05) is 82.1 Å². The van der Waals surface area contributed by atoms with Crippen LogP contribution in [-0.4, -0.2) is 4.98 Å². The van der Waals surface area contributed by atoms with E-state index in [-0.39, 0.29) is 5.41 Å². The van der Waals surface area contributed by atoms with Crippen molar-refractivity contribution >= 4 is 110 Å². The lowest BCUT2D eigenvalue weighted by atomic mass is 9.81. The minimum atomic E-state index is -0.0208. The van der Waals surface area contributed by atoms with E-state index in [1.165, 1.54) is 111 Å². The Morgan fingerprint density at radius 1 is 0.225 bits per heavy atom. The van der Waals surface area contributed by atoms with E-state index in [0.717, 1.165) is 86.9 Å². The van der Waals surface area contributed by atoms with Crippen molar-refractivity contribution in [3.8, 4) is 117 Å². The zero-order chi connectivity index (χ0) is 87.6. The molecule has 1 heterocycles. The maximum Gasteiger partial charge on any atom is 0.0991 e. The third-order valence-corrected chi connectivity index (χ3v) is 25.8. The van der Waals surface area contributed by atoms with Crippen molar-refractivity contribution in [3.63, 3.8) is 0 Å². The van der Waals surface area contributed by atoms with Crippen LogP contribution in [0.3, 0.4) is 0 Å². The van der Waals surface area contributed by atoms with E-state index in [2.05, 4.69) is 530 Å². The van der Waals surface area contributed by atoms with Crippen LogP contribution >= 0.6 is 47.8 Å². The fourth-order valence-electron chi connectivity index (χ4n) is 17.4. The average molecular weight is 1850 g/mol. The molecule has 0 atom stereocenters. The number of rotatable bonds is 18. The molecule has 0 aliphatic heterocycles. The van der Waals surface area contributed by atoms with Crippen molar-refractivity contribution in [1.29, 1.82) is 5.26 Å². The first-order valence-electron chi connectivity index (χ1n) is 43.2. The fourth-order valence-corrected chi connectivity index (χ4v) is 18.2. The highest BCUT2D eigenvalue weighted by atomic mass is 79.9. The molecule has 0 bridgehead atoms. The fraction of sp³-hybridized carbons (Fsp3) is 0.0248. The summed E-state index contributed by atoms with van der Waals surface area (Å²) in [4.78, 5) is 11.2. The monoisotopic (exact) mass is 1850 g/mol. The number of hydrogen-bond acceptors (Lipinski definition) is 5. The number of pyridine rings is 1. The Bertz CT molecular complexity index is 7200. The second-order valence-corrected chi connectivity index (χ2v) is 35.3. The number of halogens is 3. The van der Waals surface area contributed by atoms with Crippen molar-refractivity contribution in [3.05, 3.63) is 516 Å². The third kappa shape index (κ3) is 18.4. The van der Waals surface area contributed by atoms with Crippen LogP contribution in [-0.2, 0) is 5.41 Å². The molecule has 19 aromatic carbocycles. The lowest BCUT2D eigenvalue weighted by molar-refractivity contribution is 0.660. The molecule has 0 amide bonds. The molecule has 0 spiro atoms. The predicted molar refractivity (Wildman–Crippen MR) is 553 cm³/mol. The van der Waals surface area contributed by atoms with Gasteiger partial charge in [0.05, 0.1) is 17.3 Å². The highest BCUT2D eigenvalue weighted by Gasteiger charge is 2.35. The summed E-state index contributed by atoms with van der Waals surface area (Å²) < 4.78 is 3.23. The number of nitriles is 1. The summed E-state index contributed by atoms with van der Waals surface area (Å²) in [5.74, 6) is 0. The molecule has 20 aromatic rings. The van der Waals surface area contributed by atoms with Crippen LogP contribution in [0, 0.1) is 11.3 Å². The largest absolute Gasteiger partial charge is 0.311 e. The maximum atomic E-state index is 9.13. The third-order valence-electron chi connectivity index (χ3n) is 24.2. The van der Waals surface area contributed by atoms with Crippen LogP contribution in [0.15, 0.2) is 499 Å². The molecular weight excluding hydrogens is 1760 g/mol. The second-order valence-electron chi connectivity index (χ2n) is 32.5. The van der Waals surface area contributed by atoms with E-state index in [9.17, 15) is 0 Å². The Hall–Kier alpha value is -15.1. The molecule has 5 nitrogen and oxygen atoms in total. The quantitative estimate of drug-likeness (QED) is 0.0857. The summed E-state index contributed by atoms with van der Waals surface area (Å²) in [7, 11) is 0. The van der Waals surface area contributed by atoms with Gasteiger partial charge in [-0.2, -0.15) is 5.26 Å². The Labute approximate surface area is 780 Å². The summed E-state index contributed by atoms with van der Waals surface area (Å²) in [6.45, 7) is 4.68. The van der Waals surface area contributed by atoms with E-state index in [1.54, 1.807) is 6.20 Å². The van der Waals surface area contributed by atoms with Gasteiger partial charge in [-0.15, -0.1) is 0 Å². The van der Waals surface area contributed by atoms with Gasteiger partial charge in [-0.3, -0.25) is 4.98 Å². The van der Waals surface area contributed by atoms with Gasteiger partial charge in [-0.1, -0.05) is 371 Å². The molecule has 8 heteroatoms. The molecule has 0 saturated heterocycles. The van der Waals surface area contributed by atoms with Crippen LogP contribution in [0.25, 0.3) is 122 Å². The van der Waals surface area contributed by atoms with E-state index < -0.39 is 0 Å². The molecule has 0 saturated carbocycles. The van der Waals surface area contributed by atoms with Gasteiger partial charge in [0.1, 0.15) is 0 Å². The van der Waals surface area contributed by atoms with E-state index in [1.807, 2.05) is 36.5 Å².